The summed E-state index contributed by atoms with van der Waals surface area (Å²) in [5.74, 6) is 0.703. The number of aromatic amines is 1. The number of hydrogen-bond donors (Lipinski definition) is 3. The Bertz CT molecular complexity index is 1440. The van der Waals surface area contributed by atoms with Crippen LogP contribution in [0.2, 0.25) is 5.02 Å². The lowest BCUT2D eigenvalue weighted by Crippen LogP contribution is -1.99. The second-order valence-corrected chi connectivity index (χ2v) is 8.46. The highest BCUT2D eigenvalue weighted by Gasteiger charge is 2.22. The number of rotatable bonds is 3. The van der Waals surface area contributed by atoms with Gasteiger partial charge in [0.15, 0.2) is 11.6 Å². The Morgan fingerprint density at radius 1 is 0.969 bits per heavy atom. The minimum Gasteiger partial charge on any atom is -0.504 e. The van der Waals surface area contributed by atoms with Crippen LogP contribution in [0.4, 0.5) is 0 Å². The number of aryl methyl sites for hydroxylation is 1. The molecule has 7 heteroatoms. The number of nitrogens with one attached hydrogen (secondary N) is 2. The molecule has 0 bridgehead atoms. The monoisotopic (exact) mass is 441 g/mol. The fourth-order valence-electron chi connectivity index (χ4n) is 4.39. The molecule has 3 N–H and O–H groups in total. The van der Waals surface area contributed by atoms with Crippen LogP contribution in [0.15, 0.2) is 60.7 Å². The topological polar surface area (TPSA) is 78.8 Å². The number of aromatic hydroxyl groups is 1. The third-order valence-electron chi connectivity index (χ3n) is 6.02. The van der Waals surface area contributed by atoms with Crippen LogP contribution in [0.5, 0.6) is 5.75 Å². The minimum absolute atomic E-state index is 0.103. The molecular formula is C25H20ClN5O. The van der Waals surface area contributed by atoms with Gasteiger partial charge in [0.05, 0.1) is 11.0 Å². The molecule has 1 aliphatic heterocycles. The molecule has 0 fully saturated rings. The molecule has 0 atom stereocenters. The third kappa shape index (κ3) is 2.99. The van der Waals surface area contributed by atoms with E-state index >= 15 is 0 Å². The lowest BCUT2D eigenvalue weighted by atomic mass is 10.0. The van der Waals surface area contributed by atoms with Gasteiger partial charge in [-0.15, -0.1) is 0 Å². The average molecular weight is 442 g/mol. The molecule has 6 nitrogen and oxygen atoms in total. The van der Waals surface area contributed by atoms with Crippen LogP contribution in [0.1, 0.15) is 11.1 Å². The molecule has 0 unspecified atom stereocenters. The summed E-state index contributed by atoms with van der Waals surface area (Å²) in [4.78, 5) is 8.08. The first-order valence-corrected chi connectivity index (χ1v) is 10.8. The summed E-state index contributed by atoms with van der Waals surface area (Å²) in [5.41, 5.74) is 8.25. The van der Waals surface area contributed by atoms with Gasteiger partial charge in [-0.25, -0.2) is 4.98 Å². The van der Waals surface area contributed by atoms with Crippen LogP contribution in [0.25, 0.3) is 44.9 Å². The Morgan fingerprint density at radius 3 is 2.47 bits per heavy atom. The van der Waals surface area contributed by atoms with Gasteiger partial charge in [0, 0.05) is 36.3 Å². The molecular weight excluding hydrogens is 422 g/mol. The first-order valence-electron chi connectivity index (χ1n) is 10.4. The zero-order valence-electron chi connectivity index (χ0n) is 17.4. The lowest BCUT2D eigenvalue weighted by molar-refractivity contribution is 0.478. The van der Waals surface area contributed by atoms with Gasteiger partial charge in [-0.3, -0.25) is 4.68 Å². The molecule has 3 aromatic carbocycles. The van der Waals surface area contributed by atoms with Gasteiger partial charge in [0.1, 0.15) is 11.4 Å². The van der Waals surface area contributed by atoms with Gasteiger partial charge in [0.25, 0.3) is 0 Å². The van der Waals surface area contributed by atoms with Gasteiger partial charge in [0.2, 0.25) is 0 Å². The number of aromatic nitrogens is 4. The first-order chi connectivity index (χ1) is 15.6. The Kier molecular flexibility index (Phi) is 4.31. The standard InChI is InChI=1S/C25H20ClN5O/c1-31-23(25-28-20-10-16-12-27-13-17(16)11-21(20)29-25)24(32)22(30-31)15-8-6-14(7-9-15)18-4-2-3-5-19(18)26/h2-11,27,32H,12-13H2,1H3,(H,28,29). The number of nitrogens with zero attached hydrogens (tertiary/aromatic N) is 3. The van der Waals surface area contributed by atoms with Gasteiger partial charge in [-0.1, -0.05) is 54.1 Å². The summed E-state index contributed by atoms with van der Waals surface area (Å²) in [5, 5.41) is 19.7. The molecule has 1 aliphatic rings. The zero-order valence-corrected chi connectivity index (χ0v) is 18.1. The number of H-pyrrole nitrogens is 1. The summed E-state index contributed by atoms with van der Waals surface area (Å²) in [6.45, 7) is 1.73. The van der Waals surface area contributed by atoms with Gasteiger partial charge in [-0.2, -0.15) is 5.10 Å². The fraction of sp³-hybridized carbons (Fsp3) is 0.120. The van der Waals surface area contributed by atoms with Crippen molar-refractivity contribution in [3.8, 4) is 39.7 Å². The van der Waals surface area contributed by atoms with Crippen LogP contribution in [-0.4, -0.2) is 24.9 Å². The van der Waals surface area contributed by atoms with Crippen molar-refractivity contribution in [2.75, 3.05) is 0 Å². The lowest BCUT2D eigenvalue weighted by Gasteiger charge is -2.05. The van der Waals surface area contributed by atoms with E-state index in [4.69, 9.17) is 16.6 Å². The van der Waals surface area contributed by atoms with Crippen molar-refractivity contribution in [2.45, 2.75) is 13.1 Å². The molecule has 2 aromatic heterocycles. The molecule has 6 rings (SSSR count). The fourth-order valence-corrected chi connectivity index (χ4v) is 4.64. The molecule has 32 heavy (non-hydrogen) atoms. The second-order valence-electron chi connectivity index (χ2n) is 8.05. The SMILES string of the molecule is Cn1nc(-c2ccc(-c3ccccc3Cl)cc2)c(O)c1-c1nc2cc3c(cc2[nH]1)CNC3. The summed E-state index contributed by atoms with van der Waals surface area (Å²) < 4.78 is 1.67. The summed E-state index contributed by atoms with van der Waals surface area (Å²) in [6.07, 6.45) is 0. The highest BCUT2D eigenvalue weighted by atomic mass is 35.5. The van der Waals surface area contributed by atoms with Crippen LogP contribution >= 0.6 is 11.6 Å². The van der Waals surface area contributed by atoms with E-state index in [0.29, 0.717) is 22.2 Å². The summed E-state index contributed by atoms with van der Waals surface area (Å²) in [7, 11) is 1.81. The number of fused-ring (bicyclic) bond motifs is 2. The Balaban J connectivity index is 1.39. The van der Waals surface area contributed by atoms with Crippen molar-refractivity contribution in [1.29, 1.82) is 0 Å². The molecule has 0 saturated carbocycles. The molecule has 5 aromatic rings. The molecule has 3 heterocycles. The van der Waals surface area contributed by atoms with Crippen molar-refractivity contribution in [3.05, 3.63) is 76.8 Å². The van der Waals surface area contributed by atoms with Gasteiger partial charge >= 0.3 is 0 Å². The van der Waals surface area contributed by atoms with E-state index < -0.39 is 0 Å². The predicted octanol–water partition coefficient (Wildman–Crippen LogP) is 5.26. The Morgan fingerprint density at radius 2 is 1.69 bits per heavy atom. The largest absolute Gasteiger partial charge is 0.504 e. The van der Waals surface area contributed by atoms with E-state index in [9.17, 15) is 5.11 Å². The maximum absolute atomic E-state index is 11.1. The highest BCUT2D eigenvalue weighted by Crippen LogP contribution is 2.38. The van der Waals surface area contributed by atoms with Crippen molar-refractivity contribution in [3.63, 3.8) is 0 Å². The van der Waals surface area contributed by atoms with Crippen molar-refractivity contribution >= 4 is 22.6 Å². The normalized spacial score (nSPS) is 13.1. The molecule has 0 spiro atoms. The van der Waals surface area contributed by atoms with E-state index in [0.717, 1.165) is 40.8 Å². The van der Waals surface area contributed by atoms with Crippen molar-refractivity contribution in [2.24, 2.45) is 7.05 Å². The summed E-state index contributed by atoms with van der Waals surface area (Å²) in [6, 6.07) is 19.8. The number of halogens is 1. The predicted molar refractivity (Wildman–Crippen MR) is 126 cm³/mol. The van der Waals surface area contributed by atoms with E-state index in [1.807, 2.05) is 55.6 Å². The first kappa shape index (κ1) is 19.1. The van der Waals surface area contributed by atoms with Crippen molar-refractivity contribution < 1.29 is 5.11 Å². The Hall–Kier alpha value is -3.61. The molecule has 0 aliphatic carbocycles. The molecule has 158 valence electrons. The highest BCUT2D eigenvalue weighted by molar-refractivity contribution is 6.33. The van der Waals surface area contributed by atoms with E-state index in [1.54, 1.807) is 4.68 Å². The average Bonchev–Trinajstić information content (AvgIpc) is 3.49. The molecule has 0 radical (unpaired) electrons. The number of benzene rings is 3. The summed E-state index contributed by atoms with van der Waals surface area (Å²) >= 11 is 6.33. The van der Waals surface area contributed by atoms with E-state index in [1.165, 1.54) is 11.1 Å². The maximum atomic E-state index is 11.1. The van der Waals surface area contributed by atoms with Crippen molar-refractivity contribution in [1.82, 2.24) is 25.1 Å². The van der Waals surface area contributed by atoms with Crippen LogP contribution in [0, 0.1) is 0 Å². The van der Waals surface area contributed by atoms with E-state index in [-0.39, 0.29) is 5.75 Å². The minimum atomic E-state index is 0.103. The van der Waals surface area contributed by atoms with Crippen LogP contribution < -0.4 is 5.32 Å². The quantitative estimate of drug-likeness (QED) is 0.357. The van der Waals surface area contributed by atoms with Crippen LogP contribution in [0.3, 0.4) is 0 Å². The smallest absolute Gasteiger partial charge is 0.173 e. The van der Waals surface area contributed by atoms with Gasteiger partial charge in [-0.05, 0) is 34.9 Å². The van der Waals surface area contributed by atoms with E-state index in [2.05, 4.69) is 27.5 Å². The van der Waals surface area contributed by atoms with Crippen LogP contribution in [-0.2, 0) is 20.1 Å². The zero-order chi connectivity index (χ0) is 21.8. The number of hydrogen-bond acceptors (Lipinski definition) is 4. The Labute approximate surface area is 189 Å². The third-order valence-corrected chi connectivity index (χ3v) is 6.35. The second kappa shape index (κ2) is 7.22. The maximum Gasteiger partial charge on any atom is 0.173 e. The molecule has 0 amide bonds. The number of imidazole rings is 1. The van der Waals surface area contributed by atoms with Gasteiger partial charge < -0.3 is 15.4 Å². The molecule has 0 saturated heterocycles.